The first-order chi connectivity index (χ1) is 9.28. The smallest absolute Gasteiger partial charge is 0.181 e. The molecule has 5 N–H and O–H groups in total. The highest BCUT2D eigenvalue weighted by molar-refractivity contribution is 5.72. The first-order valence-electron chi connectivity index (χ1n) is 6.93. The number of aromatic nitrogens is 4. The van der Waals surface area contributed by atoms with Gasteiger partial charge >= 0.3 is 0 Å². The van der Waals surface area contributed by atoms with E-state index in [9.17, 15) is 0 Å². The van der Waals surface area contributed by atoms with Gasteiger partial charge in [-0.1, -0.05) is 0 Å². The molecule has 0 aromatic carbocycles. The van der Waals surface area contributed by atoms with Crippen molar-refractivity contribution >= 4 is 11.2 Å². The molecule has 6 nitrogen and oxygen atoms in total. The molecule has 2 aromatic heterocycles. The van der Waals surface area contributed by atoms with Crippen molar-refractivity contribution in [2.75, 3.05) is 6.54 Å². The number of rotatable bonds is 3. The second kappa shape index (κ2) is 5.22. The average molecular weight is 260 g/mol. The highest BCUT2D eigenvalue weighted by Crippen LogP contribution is 2.31. The minimum Gasteiger partial charge on any atom is -0.342 e. The van der Waals surface area contributed by atoms with E-state index in [0.717, 1.165) is 54.8 Å². The maximum Gasteiger partial charge on any atom is 0.181 e. The van der Waals surface area contributed by atoms with Crippen molar-refractivity contribution in [3.63, 3.8) is 0 Å². The lowest BCUT2D eigenvalue weighted by Gasteiger charge is -2.25. The molecule has 102 valence electrons. The molecule has 0 atom stereocenters. The van der Waals surface area contributed by atoms with E-state index in [1.807, 2.05) is 0 Å². The maximum atomic E-state index is 5.95. The van der Waals surface area contributed by atoms with Gasteiger partial charge in [-0.15, -0.1) is 0 Å². The Bertz CT molecular complexity index is 555. The molecule has 0 aliphatic heterocycles. The van der Waals surface area contributed by atoms with Gasteiger partial charge in [0.05, 0.1) is 12.0 Å². The lowest BCUT2D eigenvalue weighted by molar-refractivity contribution is 0.384. The van der Waals surface area contributed by atoms with Crippen molar-refractivity contribution in [3.05, 3.63) is 17.8 Å². The number of fused-ring (bicyclic) bond motifs is 1. The normalized spacial score (nSPS) is 23.9. The van der Waals surface area contributed by atoms with Gasteiger partial charge in [0.25, 0.3) is 0 Å². The van der Waals surface area contributed by atoms with Gasteiger partial charge in [0.2, 0.25) is 0 Å². The summed E-state index contributed by atoms with van der Waals surface area (Å²) in [6.45, 7) is 0.583. The zero-order valence-corrected chi connectivity index (χ0v) is 11.0. The third kappa shape index (κ3) is 2.46. The van der Waals surface area contributed by atoms with Crippen molar-refractivity contribution in [3.8, 4) is 0 Å². The molecule has 0 saturated heterocycles. The number of nitrogens with one attached hydrogen (secondary N) is 1. The number of H-pyrrole nitrogens is 1. The van der Waals surface area contributed by atoms with E-state index in [1.165, 1.54) is 0 Å². The minimum atomic E-state index is 0.342. The van der Waals surface area contributed by atoms with Crippen LogP contribution in [0.5, 0.6) is 0 Å². The molecule has 2 heterocycles. The summed E-state index contributed by atoms with van der Waals surface area (Å²) in [5, 5.41) is 0. The second-order valence-electron chi connectivity index (χ2n) is 5.28. The van der Waals surface area contributed by atoms with Gasteiger partial charge in [-0.2, -0.15) is 0 Å². The summed E-state index contributed by atoms with van der Waals surface area (Å²) in [5.41, 5.74) is 14.3. The number of hydrogen-bond acceptors (Lipinski definition) is 5. The van der Waals surface area contributed by atoms with Crippen LogP contribution in [0, 0.1) is 0 Å². The lowest BCUT2D eigenvalue weighted by Crippen LogP contribution is -2.26. The number of nitrogens with zero attached hydrogens (tertiary/aromatic N) is 3. The third-order valence-corrected chi connectivity index (χ3v) is 3.90. The number of imidazole rings is 1. The van der Waals surface area contributed by atoms with Crippen molar-refractivity contribution in [2.24, 2.45) is 11.5 Å². The van der Waals surface area contributed by atoms with E-state index >= 15 is 0 Å². The Morgan fingerprint density at radius 3 is 2.74 bits per heavy atom. The number of hydrogen-bond donors (Lipinski definition) is 3. The van der Waals surface area contributed by atoms with E-state index in [2.05, 4.69) is 15.0 Å². The minimum absolute atomic E-state index is 0.342. The van der Waals surface area contributed by atoms with Gasteiger partial charge in [0.1, 0.15) is 11.3 Å². The highest BCUT2D eigenvalue weighted by Gasteiger charge is 2.23. The molecule has 1 saturated carbocycles. The molecule has 6 heteroatoms. The molecule has 0 spiro atoms. The maximum absolute atomic E-state index is 5.95. The molecular weight excluding hydrogens is 240 g/mol. The monoisotopic (exact) mass is 260 g/mol. The Hall–Kier alpha value is -1.53. The van der Waals surface area contributed by atoms with Crippen LogP contribution >= 0.6 is 0 Å². The lowest BCUT2D eigenvalue weighted by atomic mass is 9.86. The van der Waals surface area contributed by atoms with Crippen LogP contribution in [0.15, 0.2) is 6.33 Å². The average Bonchev–Trinajstić information content (AvgIpc) is 2.88. The first kappa shape index (κ1) is 12.5. The fourth-order valence-electron chi connectivity index (χ4n) is 2.79. The molecule has 1 fully saturated rings. The highest BCUT2D eigenvalue weighted by atomic mass is 15.0. The molecule has 19 heavy (non-hydrogen) atoms. The molecule has 0 amide bonds. The molecule has 3 rings (SSSR count). The van der Waals surface area contributed by atoms with Crippen LogP contribution < -0.4 is 11.5 Å². The van der Waals surface area contributed by atoms with Gasteiger partial charge in [0.15, 0.2) is 5.65 Å². The summed E-state index contributed by atoms with van der Waals surface area (Å²) in [6, 6.07) is 0.342. The Morgan fingerprint density at radius 1 is 1.21 bits per heavy atom. The number of aromatic amines is 1. The van der Waals surface area contributed by atoms with Crippen LogP contribution in [0.1, 0.15) is 43.1 Å². The summed E-state index contributed by atoms with van der Waals surface area (Å²) in [6.07, 6.45) is 6.66. The van der Waals surface area contributed by atoms with Crippen LogP contribution in [-0.4, -0.2) is 32.5 Å². The fourth-order valence-corrected chi connectivity index (χ4v) is 2.79. The fraction of sp³-hybridized carbons (Fsp3) is 0.615. The third-order valence-electron chi connectivity index (χ3n) is 3.90. The summed E-state index contributed by atoms with van der Waals surface area (Å²) in [4.78, 5) is 16.7. The van der Waals surface area contributed by atoms with Gasteiger partial charge in [-0.05, 0) is 32.2 Å². The molecule has 0 unspecified atom stereocenters. The molecule has 1 aliphatic rings. The van der Waals surface area contributed by atoms with Gasteiger partial charge in [0, 0.05) is 18.4 Å². The standard InChI is InChI=1S/C13H20N6/c14-6-5-10-11-13(17-7-16-11)19-12(18-10)8-1-3-9(15)4-2-8/h7-9H,1-6,14-15H2,(H,16,17,18,19). The van der Waals surface area contributed by atoms with Gasteiger partial charge in [-0.3, -0.25) is 0 Å². The Labute approximate surface area is 112 Å². The van der Waals surface area contributed by atoms with E-state index < -0.39 is 0 Å². The predicted molar refractivity (Wildman–Crippen MR) is 73.6 cm³/mol. The molecule has 0 bridgehead atoms. The van der Waals surface area contributed by atoms with Crippen LogP contribution in [0.25, 0.3) is 11.2 Å². The van der Waals surface area contributed by atoms with Crippen LogP contribution in [-0.2, 0) is 6.42 Å². The Balaban J connectivity index is 1.94. The summed E-state index contributed by atoms with van der Waals surface area (Å²) in [7, 11) is 0. The van der Waals surface area contributed by atoms with E-state index in [4.69, 9.17) is 16.5 Å². The zero-order valence-electron chi connectivity index (χ0n) is 11.0. The first-order valence-corrected chi connectivity index (χ1v) is 6.93. The second-order valence-corrected chi connectivity index (χ2v) is 5.28. The van der Waals surface area contributed by atoms with E-state index in [-0.39, 0.29) is 0 Å². The Morgan fingerprint density at radius 2 is 2.00 bits per heavy atom. The number of nitrogens with two attached hydrogens (primary N) is 2. The predicted octanol–water partition coefficient (Wildman–Crippen LogP) is 0.839. The zero-order chi connectivity index (χ0) is 13.2. The molecule has 2 aromatic rings. The topological polar surface area (TPSA) is 106 Å². The summed E-state index contributed by atoms with van der Waals surface area (Å²) < 4.78 is 0. The summed E-state index contributed by atoms with van der Waals surface area (Å²) in [5.74, 6) is 1.33. The largest absolute Gasteiger partial charge is 0.342 e. The SMILES string of the molecule is NCCc1nc(C2CCC(N)CC2)nc2nc[nH]c12. The van der Waals surface area contributed by atoms with Crippen molar-refractivity contribution < 1.29 is 0 Å². The molecular formula is C13H20N6. The van der Waals surface area contributed by atoms with Crippen LogP contribution in [0.4, 0.5) is 0 Å². The van der Waals surface area contributed by atoms with Crippen LogP contribution in [0.3, 0.4) is 0 Å². The Kier molecular flexibility index (Phi) is 3.44. The van der Waals surface area contributed by atoms with Crippen molar-refractivity contribution in [1.82, 2.24) is 19.9 Å². The summed E-state index contributed by atoms with van der Waals surface area (Å²) >= 11 is 0. The quantitative estimate of drug-likeness (QED) is 0.758. The van der Waals surface area contributed by atoms with Gasteiger partial charge in [-0.25, -0.2) is 15.0 Å². The van der Waals surface area contributed by atoms with Gasteiger partial charge < -0.3 is 16.5 Å². The van der Waals surface area contributed by atoms with Crippen molar-refractivity contribution in [2.45, 2.75) is 44.1 Å². The van der Waals surface area contributed by atoms with E-state index in [0.29, 0.717) is 18.5 Å². The van der Waals surface area contributed by atoms with Crippen LogP contribution in [0.2, 0.25) is 0 Å². The van der Waals surface area contributed by atoms with Crippen molar-refractivity contribution in [1.29, 1.82) is 0 Å². The van der Waals surface area contributed by atoms with E-state index in [1.54, 1.807) is 6.33 Å². The molecule has 1 aliphatic carbocycles. The molecule has 0 radical (unpaired) electrons.